The van der Waals surface area contributed by atoms with Crippen LogP contribution in [-0.2, 0) is 9.53 Å². The summed E-state index contributed by atoms with van der Waals surface area (Å²) in [6, 6.07) is 11.0. The lowest BCUT2D eigenvalue weighted by molar-refractivity contribution is -0.123. The lowest BCUT2D eigenvalue weighted by Gasteiger charge is -2.36. The predicted octanol–water partition coefficient (Wildman–Crippen LogP) is 3.24. The van der Waals surface area contributed by atoms with Gasteiger partial charge in [-0.05, 0) is 56.2 Å². The summed E-state index contributed by atoms with van der Waals surface area (Å²) in [6.07, 6.45) is 8.49. The number of nitrogens with zero attached hydrogens (tertiary/aromatic N) is 5. The second kappa shape index (κ2) is 7.45. The number of hydrogen-bond donors (Lipinski definition) is 1. The maximum absolute atomic E-state index is 13.1. The molecule has 8 heteroatoms. The molecule has 2 aromatic heterocycles. The van der Waals surface area contributed by atoms with E-state index in [2.05, 4.69) is 32.3 Å². The summed E-state index contributed by atoms with van der Waals surface area (Å²) in [6.45, 7) is 2.15. The minimum absolute atomic E-state index is 0.0673. The van der Waals surface area contributed by atoms with Gasteiger partial charge in [0.25, 0.3) is 0 Å². The first-order valence-electron chi connectivity index (χ1n) is 11.5. The third-order valence-electron chi connectivity index (χ3n) is 7.43. The molecule has 0 spiro atoms. The first-order chi connectivity index (χ1) is 15.7. The zero-order valence-corrected chi connectivity index (χ0v) is 17.9. The number of carbonyl (C=O) groups is 1. The quantitative estimate of drug-likeness (QED) is 0.778. The molecular formula is C24H26N6O2. The highest BCUT2D eigenvalue weighted by atomic mass is 16.5. The molecule has 2 aromatic rings. The topological polar surface area (TPSA) is 94.4 Å². The Kier molecular flexibility index (Phi) is 4.54. The summed E-state index contributed by atoms with van der Waals surface area (Å²) in [7, 11) is 0. The Labute approximate surface area is 187 Å². The number of nitriles is 1. The molecule has 1 aliphatic carbocycles. The summed E-state index contributed by atoms with van der Waals surface area (Å²) >= 11 is 0. The van der Waals surface area contributed by atoms with Crippen molar-refractivity contribution in [2.24, 2.45) is 11.3 Å². The van der Waals surface area contributed by atoms with Crippen molar-refractivity contribution in [2.45, 2.75) is 44.2 Å². The number of morpholine rings is 1. The summed E-state index contributed by atoms with van der Waals surface area (Å²) in [5.41, 5.74) is 1.06. The standard InChI is InChI=1S/C24H26N6O2/c25-15-24(16-1-2-16)8-10-29(23(24)31)17-7-9-26-22(11-17)28-21-6-5-18(12-27-21)30-19-3-4-20(30)14-32-13-19/h5-7,9,11-12,16,19-20H,1-4,8,10,13-14H2,(H,26,27,28)/t19?,20?,24-/m1/s1. The van der Waals surface area contributed by atoms with Gasteiger partial charge in [0.15, 0.2) is 0 Å². The second-order valence-electron chi connectivity index (χ2n) is 9.32. The van der Waals surface area contributed by atoms with Crippen molar-refractivity contribution in [3.05, 3.63) is 36.7 Å². The summed E-state index contributed by atoms with van der Waals surface area (Å²) in [5, 5.41) is 13.0. The smallest absolute Gasteiger partial charge is 0.247 e. The van der Waals surface area contributed by atoms with E-state index < -0.39 is 5.41 Å². The van der Waals surface area contributed by atoms with Crippen LogP contribution in [0.15, 0.2) is 36.7 Å². The highest BCUT2D eigenvalue weighted by Crippen LogP contribution is 2.52. The van der Waals surface area contributed by atoms with Gasteiger partial charge in [0.2, 0.25) is 5.91 Å². The molecule has 2 unspecified atom stereocenters. The lowest BCUT2D eigenvalue weighted by Crippen LogP contribution is -2.45. The van der Waals surface area contributed by atoms with E-state index in [0.29, 0.717) is 36.7 Å². The predicted molar refractivity (Wildman–Crippen MR) is 120 cm³/mol. The molecule has 164 valence electrons. The number of fused-ring (bicyclic) bond motifs is 2. The van der Waals surface area contributed by atoms with E-state index in [4.69, 9.17) is 4.74 Å². The summed E-state index contributed by atoms with van der Waals surface area (Å²) < 4.78 is 5.68. The minimum atomic E-state index is -0.840. The fourth-order valence-electron chi connectivity index (χ4n) is 5.58. The molecule has 1 N–H and O–H groups in total. The van der Waals surface area contributed by atoms with E-state index in [-0.39, 0.29) is 11.8 Å². The van der Waals surface area contributed by atoms with Gasteiger partial charge >= 0.3 is 0 Å². The van der Waals surface area contributed by atoms with Gasteiger partial charge in [-0.1, -0.05) is 0 Å². The average molecular weight is 431 g/mol. The molecule has 1 saturated carbocycles. The van der Waals surface area contributed by atoms with Gasteiger partial charge in [-0.25, -0.2) is 9.97 Å². The van der Waals surface area contributed by atoms with Crippen LogP contribution >= 0.6 is 0 Å². The monoisotopic (exact) mass is 430 g/mol. The van der Waals surface area contributed by atoms with E-state index in [1.54, 1.807) is 11.1 Å². The molecule has 6 rings (SSSR count). The maximum atomic E-state index is 13.1. The van der Waals surface area contributed by atoms with Crippen LogP contribution in [0.2, 0.25) is 0 Å². The molecule has 0 aromatic carbocycles. The summed E-state index contributed by atoms with van der Waals surface area (Å²) in [4.78, 5) is 26.3. The Hall–Kier alpha value is -3.18. The third kappa shape index (κ3) is 3.11. The van der Waals surface area contributed by atoms with Crippen LogP contribution in [0.4, 0.5) is 23.0 Å². The van der Waals surface area contributed by atoms with E-state index in [9.17, 15) is 10.1 Å². The zero-order valence-electron chi connectivity index (χ0n) is 17.9. The van der Waals surface area contributed by atoms with Crippen LogP contribution in [0.25, 0.3) is 0 Å². The van der Waals surface area contributed by atoms with Crippen molar-refractivity contribution in [3.63, 3.8) is 0 Å². The van der Waals surface area contributed by atoms with Crippen LogP contribution in [0, 0.1) is 22.7 Å². The third-order valence-corrected chi connectivity index (χ3v) is 7.43. The fraction of sp³-hybridized carbons (Fsp3) is 0.500. The Morgan fingerprint density at radius 1 is 1.06 bits per heavy atom. The molecular weight excluding hydrogens is 404 g/mol. The molecule has 1 amide bonds. The molecule has 3 atom stereocenters. The van der Waals surface area contributed by atoms with Gasteiger partial charge in [-0.15, -0.1) is 0 Å². The molecule has 3 saturated heterocycles. The largest absolute Gasteiger partial charge is 0.377 e. The molecule has 8 nitrogen and oxygen atoms in total. The van der Waals surface area contributed by atoms with Gasteiger partial charge in [-0.3, -0.25) is 4.79 Å². The van der Waals surface area contributed by atoms with Gasteiger partial charge in [0.1, 0.15) is 17.1 Å². The molecule has 4 aliphatic rings. The van der Waals surface area contributed by atoms with Gasteiger partial charge < -0.3 is 19.9 Å². The van der Waals surface area contributed by atoms with Crippen molar-refractivity contribution >= 4 is 28.9 Å². The number of amides is 1. The molecule has 4 fully saturated rings. The van der Waals surface area contributed by atoms with Gasteiger partial charge in [0, 0.05) is 24.5 Å². The van der Waals surface area contributed by atoms with Crippen LogP contribution in [0.3, 0.4) is 0 Å². The van der Waals surface area contributed by atoms with Crippen LogP contribution < -0.4 is 15.1 Å². The highest BCUT2D eigenvalue weighted by molar-refractivity contribution is 6.02. The number of pyridine rings is 2. The Bertz CT molecular complexity index is 1060. The fourth-order valence-corrected chi connectivity index (χ4v) is 5.58. The first-order valence-corrected chi connectivity index (χ1v) is 11.5. The maximum Gasteiger partial charge on any atom is 0.247 e. The highest BCUT2D eigenvalue weighted by Gasteiger charge is 2.56. The van der Waals surface area contributed by atoms with Gasteiger partial charge in [0.05, 0.1) is 43.3 Å². The molecule has 3 aliphatic heterocycles. The van der Waals surface area contributed by atoms with Crippen molar-refractivity contribution < 1.29 is 9.53 Å². The average Bonchev–Trinajstić information content (AvgIpc) is 3.57. The number of hydrogen-bond acceptors (Lipinski definition) is 7. The molecule has 32 heavy (non-hydrogen) atoms. The molecule has 0 radical (unpaired) electrons. The lowest BCUT2D eigenvalue weighted by atomic mass is 9.83. The molecule has 2 bridgehead atoms. The second-order valence-corrected chi connectivity index (χ2v) is 9.32. The van der Waals surface area contributed by atoms with E-state index in [0.717, 1.165) is 37.4 Å². The van der Waals surface area contributed by atoms with Crippen molar-refractivity contribution in [2.75, 3.05) is 34.9 Å². The number of aromatic nitrogens is 2. The number of carbonyl (C=O) groups excluding carboxylic acids is 1. The van der Waals surface area contributed by atoms with E-state index in [1.165, 1.54) is 12.8 Å². The van der Waals surface area contributed by atoms with Gasteiger partial charge in [-0.2, -0.15) is 5.26 Å². The Morgan fingerprint density at radius 3 is 2.56 bits per heavy atom. The SMILES string of the molecule is N#C[C@@]1(C2CC2)CCN(c2ccnc(Nc3ccc(N4C5CCC4COC5)cn3)c2)C1=O. The van der Waals surface area contributed by atoms with Crippen LogP contribution in [0.1, 0.15) is 32.1 Å². The summed E-state index contributed by atoms with van der Waals surface area (Å²) in [5.74, 6) is 1.48. The Balaban J connectivity index is 1.18. The minimum Gasteiger partial charge on any atom is -0.377 e. The number of ether oxygens (including phenoxy) is 1. The normalized spacial score (nSPS) is 29.3. The van der Waals surface area contributed by atoms with Crippen molar-refractivity contribution in [1.29, 1.82) is 5.26 Å². The van der Waals surface area contributed by atoms with Crippen molar-refractivity contribution in [1.82, 2.24) is 9.97 Å². The number of anilines is 4. The van der Waals surface area contributed by atoms with E-state index in [1.807, 2.05) is 24.4 Å². The van der Waals surface area contributed by atoms with E-state index >= 15 is 0 Å². The number of nitrogens with one attached hydrogen (secondary N) is 1. The zero-order chi connectivity index (χ0) is 21.7. The van der Waals surface area contributed by atoms with Crippen molar-refractivity contribution in [3.8, 4) is 6.07 Å². The first kappa shape index (κ1) is 19.5. The number of rotatable bonds is 5. The Morgan fingerprint density at radius 2 is 1.88 bits per heavy atom. The van der Waals surface area contributed by atoms with Crippen LogP contribution in [-0.4, -0.2) is 47.7 Å². The molecule has 5 heterocycles. The van der Waals surface area contributed by atoms with Crippen LogP contribution in [0.5, 0.6) is 0 Å².